The van der Waals surface area contributed by atoms with Crippen LogP contribution in [0.5, 0.6) is 0 Å². The third-order valence-corrected chi connectivity index (χ3v) is 3.94. The fourth-order valence-corrected chi connectivity index (χ4v) is 3.01. The monoisotopic (exact) mass is 314 g/mol. The third-order valence-electron chi connectivity index (χ3n) is 3.53. The number of esters is 1. The molecule has 0 unspecified atom stereocenters. The Morgan fingerprint density at radius 3 is 2.89 bits per heavy atom. The van der Waals surface area contributed by atoms with E-state index in [0.29, 0.717) is 18.9 Å². The highest BCUT2D eigenvalue weighted by atomic mass is 79.9. The summed E-state index contributed by atoms with van der Waals surface area (Å²) in [5.41, 5.74) is 0. The second-order valence-corrected chi connectivity index (χ2v) is 5.68. The molecule has 2 rings (SSSR count). The Kier molecular flexibility index (Phi) is 4.80. The SMILES string of the molecule is CCOC(=O)C[C@H](C1CCCC1)n1cc(Br)cn1. The fourth-order valence-electron chi connectivity index (χ4n) is 2.71. The molecule has 0 bridgehead atoms. The van der Waals surface area contributed by atoms with Gasteiger partial charge in [-0.2, -0.15) is 5.10 Å². The van der Waals surface area contributed by atoms with Gasteiger partial charge in [-0.25, -0.2) is 0 Å². The van der Waals surface area contributed by atoms with Crippen molar-refractivity contribution >= 4 is 21.9 Å². The van der Waals surface area contributed by atoms with Crippen LogP contribution in [-0.4, -0.2) is 22.4 Å². The second kappa shape index (κ2) is 6.36. The van der Waals surface area contributed by atoms with Gasteiger partial charge in [-0.3, -0.25) is 9.48 Å². The zero-order valence-corrected chi connectivity index (χ0v) is 12.2. The smallest absolute Gasteiger partial charge is 0.307 e. The Morgan fingerprint density at radius 2 is 2.33 bits per heavy atom. The Morgan fingerprint density at radius 1 is 1.61 bits per heavy atom. The summed E-state index contributed by atoms with van der Waals surface area (Å²) in [6.45, 7) is 2.28. The molecule has 1 saturated carbocycles. The van der Waals surface area contributed by atoms with Crippen molar-refractivity contribution in [2.75, 3.05) is 6.61 Å². The predicted molar refractivity (Wildman–Crippen MR) is 72.2 cm³/mol. The van der Waals surface area contributed by atoms with Gasteiger partial charge in [0.15, 0.2) is 0 Å². The summed E-state index contributed by atoms with van der Waals surface area (Å²) in [7, 11) is 0. The Bertz CT molecular complexity index is 399. The predicted octanol–water partition coefficient (Wildman–Crippen LogP) is 3.33. The molecule has 0 saturated heterocycles. The lowest BCUT2D eigenvalue weighted by molar-refractivity contribution is -0.144. The van der Waals surface area contributed by atoms with Crippen LogP contribution in [0.3, 0.4) is 0 Å². The largest absolute Gasteiger partial charge is 0.466 e. The van der Waals surface area contributed by atoms with Crippen molar-refractivity contribution in [1.82, 2.24) is 9.78 Å². The van der Waals surface area contributed by atoms with Gasteiger partial charge in [0.05, 0.1) is 29.7 Å². The van der Waals surface area contributed by atoms with Crippen molar-refractivity contribution in [2.45, 2.75) is 45.1 Å². The lowest BCUT2D eigenvalue weighted by Crippen LogP contribution is -2.22. The van der Waals surface area contributed by atoms with Crippen LogP contribution in [0.15, 0.2) is 16.9 Å². The molecule has 100 valence electrons. The number of carbonyl (C=O) groups is 1. The molecule has 1 atom stereocenters. The Labute approximate surface area is 116 Å². The number of nitrogens with zero attached hydrogens (tertiary/aromatic N) is 2. The van der Waals surface area contributed by atoms with Gasteiger partial charge in [0, 0.05) is 6.20 Å². The van der Waals surface area contributed by atoms with Crippen LogP contribution in [0, 0.1) is 5.92 Å². The minimum atomic E-state index is -0.124. The van der Waals surface area contributed by atoms with Crippen LogP contribution >= 0.6 is 15.9 Å². The van der Waals surface area contributed by atoms with E-state index >= 15 is 0 Å². The number of ether oxygens (including phenoxy) is 1. The van der Waals surface area contributed by atoms with Gasteiger partial charge < -0.3 is 4.74 Å². The molecule has 1 aliphatic rings. The quantitative estimate of drug-likeness (QED) is 0.783. The number of hydrogen-bond donors (Lipinski definition) is 0. The molecule has 1 heterocycles. The van der Waals surface area contributed by atoms with Crippen molar-refractivity contribution in [3.63, 3.8) is 0 Å². The maximum absolute atomic E-state index is 11.7. The molecule has 0 spiro atoms. The molecule has 0 radical (unpaired) electrons. The zero-order chi connectivity index (χ0) is 13.0. The molecule has 0 N–H and O–H groups in total. The Balaban J connectivity index is 2.09. The van der Waals surface area contributed by atoms with Gasteiger partial charge in [-0.05, 0) is 41.6 Å². The first kappa shape index (κ1) is 13.6. The van der Waals surface area contributed by atoms with E-state index in [9.17, 15) is 4.79 Å². The topological polar surface area (TPSA) is 44.1 Å². The van der Waals surface area contributed by atoms with E-state index < -0.39 is 0 Å². The highest BCUT2D eigenvalue weighted by Crippen LogP contribution is 2.36. The minimum absolute atomic E-state index is 0.124. The molecule has 0 aliphatic heterocycles. The zero-order valence-electron chi connectivity index (χ0n) is 10.6. The first-order valence-corrected chi connectivity index (χ1v) is 7.35. The molecule has 1 aliphatic carbocycles. The van der Waals surface area contributed by atoms with Crippen LogP contribution in [0.25, 0.3) is 0 Å². The molecule has 1 fully saturated rings. The summed E-state index contributed by atoms with van der Waals surface area (Å²) in [5, 5.41) is 4.34. The molecular formula is C13H19BrN2O2. The van der Waals surface area contributed by atoms with Gasteiger partial charge in [0.2, 0.25) is 0 Å². The summed E-state index contributed by atoms with van der Waals surface area (Å²) in [4.78, 5) is 11.7. The molecular weight excluding hydrogens is 296 g/mol. The lowest BCUT2D eigenvalue weighted by Gasteiger charge is -2.23. The molecule has 1 aromatic rings. The maximum atomic E-state index is 11.7. The highest BCUT2D eigenvalue weighted by Gasteiger charge is 2.29. The number of halogens is 1. The first-order chi connectivity index (χ1) is 8.70. The first-order valence-electron chi connectivity index (χ1n) is 6.56. The molecule has 1 aromatic heterocycles. The van der Waals surface area contributed by atoms with E-state index in [-0.39, 0.29) is 12.0 Å². The van der Waals surface area contributed by atoms with E-state index in [1.165, 1.54) is 25.7 Å². The normalized spacial score (nSPS) is 17.9. The molecule has 18 heavy (non-hydrogen) atoms. The summed E-state index contributed by atoms with van der Waals surface area (Å²) < 4.78 is 7.94. The standard InChI is InChI=1S/C13H19BrN2O2/c1-2-18-13(17)7-12(10-5-3-4-6-10)16-9-11(14)8-15-16/h8-10,12H,2-7H2,1H3/t12-/m1/s1. The van der Waals surface area contributed by atoms with E-state index in [1.807, 2.05) is 17.8 Å². The van der Waals surface area contributed by atoms with Crippen LogP contribution in [0.2, 0.25) is 0 Å². The summed E-state index contributed by atoms with van der Waals surface area (Å²) in [6.07, 6.45) is 9.02. The van der Waals surface area contributed by atoms with Gasteiger partial charge in [-0.1, -0.05) is 12.8 Å². The van der Waals surface area contributed by atoms with Gasteiger partial charge >= 0.3 is 5.97 Å². The summed E-state index contributed by atoms with van der Waals surface area (Å²) >= 11 is 3.41. The average Bonchev–Trinajstić information content (AvgIpc) is 2.97. The van der Waals surface area contributed by atoms with Crippen molar-refractivity contribution in [2.24, 2.45) is 5.92 Å². The minimum Gasteiger partial charge on any atom is -0.466 e. The Hall–Kier alpha value is -0.840. The van der Waals surface area contributed by atoms with Crippen LogP contribution in [0.4, 0.5) is 0 Å². The van der Waals surface area contributed by atoms with Gasteiger partial charge in [-0.15, -0.1) is 0 Å². The van der Waals surface area contributed by atoms with Gasteiger partial charge in [0.25, 0.3) is 0 Å². The molecule has 5 heteroatoms. The van der Waals surface area contributed by atoms with Crippen molar-refractivity contribution < 1.29 is 9.53 Å². The number of rotatable bonds is 5. The average molecular weight is 315 g/mol. The third kappa shape index (κ3) is 3.34. The van der Waals surface area contributed by atoms with Crippen LogP contribution in [0.1, 0.15) is 45.1 Å². The highest BCUT2D eigenvalue weighted by molar-refractivity contribution is 9.10. The van der Waals surface area contributed by atoms with Crippen molar-refractivity contribution in [1.29, 1.82) is 0 Å². The van der Waals surface area contributed by atoms with E-state index in [4.69, 9.17) is 4.74 Å². The van der Waals surface area contributed by atoms with Crippen LogP contribution < -0.4 is 0 Å². The van der Waals surface area contributed by atoms with Gasteiger partial charge in [0.1, 0.15) is 0 Å². The summed E-state index contributed by atoms with van der Waals surface area (Å²) in [5.74, 6) is 0.419. The lowest BCUT2D eigenvalue weighted by atomic mass is 9.95. The van der Waals surface area contributed by atoms with Crippen molar-refractivity contribution in [3.05, 3.63) is 16.9 Å². The number of aromatic nitrogens is 2. The molecule has 0 amide bonds. The van der Waals surface area contributed by atoms with E-state index in [1.54, 1.807) is 6.20 Å². The number of hydrogen-bond acceptors (Lipinski definition) is 3. The number of carbonyl (C=O) groups excluding carboxylic acids is 1. The molecule has 4 nitrogen and oxygen atoms in total. The van der Waals surface area contributed by atoms with E-state index in [2.05, 4.69) is 21.0 Å². The van der Waals surface area contributed by atoms with Crippen LogP contribution in [-0.2, 0) is 9.53 Å². The second-order valence-electron chi connectivity index (χ2n) is 4.76. The van der Waals surface area contributed by atoms with Crippen molar-refractivity contribution in [3.8, 4) is 0 Å². The fraction of sp³-hybridized carbons (Fsp3) is 0.692. The maximum Gasteiger partial charge on any atom is 0.307 e. The molecule has 0 aromatic carbocycles. The summed E-state index contributed by atoms with van der Waals surface area (Å²) in [6, 6.07) is 0.137. The van der Waals surface area contributed by atoms with E-state index in [0.717, 1.165) is 4.47 Å².